The van der Waals surface area contributed by atoms with Crippen LogP contribution in [0.5, 0.6) is 0 Å². The van der Waals surface area contributed by atoms with Crippen LogP contribution in [-0.2, 0) is 6.42 Å². The Morgan fingerprint density at radius 2 is 1.09 bits per heavy atom. The maximum Gasteiger partial charge on any atom is 0.0713 e. The fourth-order valence-electron chi connectivity index (χ4n) is 6.90. The third-order valence-electron chi connectivity index (χ3n) is 9.15. The fourth-order valence-corrected chi connectivity index (χ4v) is 6.90. The minimum atomic E-state index is 0.982. The molecule has 0 aliphatic rings. The highest BCUT2D eigenvalue weighted by molar-refractivity contribution is 6.21. The summed E-state index contributed by atoms with van der Waals surface area (Å²) in [6.07, 6.45) is 7.19. The van der Waals surface area contributed by atoms with Crippen molar-refractivity contribution in [2.45, 2.75) is 26.2 Å². The summed E-state index contributed by atoms with van der Waals surface area (Å²) in [5.74, 6) is 0. The molecule has 0 aliphatic carbocycles. The Bertz CT molecular complexity index is 2300. The quantitative estimate of drug-likeness (QED) is 0.173. The minimum absolute atomic E-state index is 0.982. The second kappa shape index (κ2) is 12.1. The number of benzene rings is 6. The van der Waals surface area contributed by atoms with Gasteiger partial charge < -0.3 is 0 Å². The van der Waals surface area contributed by atoms with Gasteiger partial charge in [0.05, 0.1) is 11.4 Å². The van der Waals surface area contributed by atoms with Gasteiger partial charge in [0, 0.05) is 23.5 Å². The van der Waals surface area contributed by atoms with Crippen LogP contribution in [0.1, 0.15) is 25.3 Å². The monoisotopic (exact) mass is 590 g/mol. The predicted molar refractivity (Wildman–Crippen MR) is 195 cm³/mol. The zero-order valence-corrected chi connectivity index (χ0v) is 25.9. The maximum absolute atomic E-state index is 5.13. The number of fused-ring (bicyclic) bond motifs is 3. The summed E-state index contributed by atoms with van der Waals surface area (Å²) in [7, 11) is 0. The van der Waals surface area contributed by atoms with Crippen LogP contribution in [0.15, 0.2) is 152 Å². The molecule has 0 saturated heterocycles. The summed E-state index contributed by atoms with van der Waals surface area (Å²) in [5.41, 5.74) is 10.6. The summed E-state index contributed by atoms with van der Waals surface area (Å²) < 4.78 is 0. The van der Waals surface area contributed by atoms with Gasteiger partial charge in [-0.1, -0.05) is 123 Å². The van der Waals surface area contributed by atoms with Crippen LogP contribution in [0.25, 0.3) is 77.1 Å². The molecular formula is C44H34N2. The van der Waals surface area contributed by atoms with E-state index in [1.807, 2.05) is 12.4 Å². The zero-order chi connectivity index (χ0) is 30.9. The Morgan fingerprint density at radius 3 is 1.76 bits per heavy atom. The highest BCUT2D eigenvalue weighted by Gasteiger charge is 2.17. The molecule has 0 radical (unpaired) electrons. The molecule has 8 rings (SSSR count). The van der Waals surface area contributed by atoms with Gasteiger partial charge in [0.1, 0.15) is 0 Å². The highest BCUT2D eigenvalue weighted by Crippen LogP contribution is 2.44. The smallest absolute Gasteiger partial charge is 0.0713 e. The molecule has 46 heavy (non-hydrogen) atoms. The van der Waals surface area contributed by atoms with Crippen LogP contribution in [-0.4, -0.2) is 9.97 Å². The van der Waals surface area contributed by atoms with Crippen LogP contribution in [0.4, 0.5) is 0 Å². The summed E-state index contributed by atoms with van der Waals surface area (Å²) >= 11 is 0. The zero-order valence-electron chi connectivity index (χ0n) is 25.9. The van der Waals surface area contributed by atoms with Crippen LogP contribution in [0.2, 0.25) is 0 Å². The first-order chi connectivity index (χ1) is 22.8. The molecule has 0 amide bonds. The van der Waals surface area contributed by atoms with Crippen molar-refractivity contribution in [1.29, 1.82) is 0 Å². The molecule has 0 aliphatic heterocycles. The topological polar surface area (TPSA) is 25.8 Å². The van der Waals surface area contributed by atoms with Crippen LogP contribution in [0.3, 0.4) is 0 Å². The fraction of sp³-hybridized carbons (Fsp3) is 0.0909. The van der Waals surface area contributed by atoms with E-state index in [2.05, 4.69) is 151 Å². The van der Waals surface area contributed by atoms with Crippen molar-refractivity contribution in [3.05, 3.63) is 157 Å². The number of hydrogen-bond donors (Lipinski definition) is 0. The molecule has 0 fully saturated rings. The molecule has 2 aromatic heterocycles. The van der Waals surface area contributed by atoms with Crippen molar-refractivity contribution in [3.63, 3.8) is 0 Å². The molecule has 6 aromatic carbocycles. The Labute approximate surface area is 270 Å². The van der Waals surface area contributed by atoms with E-state index in [0.717, 1.165) is 36.2 Å². The number of pyridine rings is 2. The van der Waals surface area contributed by atoms with E-state index in [4.69, 9.17) is 4.98 Å². The average molecular weight is 591 g/mol. The molecule has 0 N–H and O–H groups in total. The number of aryl methyl sites for hydroxylation is 1. The minimum Gasteiger partial charge on any atom is -0.264 e. The van der Waals surface area contributed by atoms with E-state index in [-0.39, 0.29) is 0 Å². The largest absolute Gasteiger partial charge is 0.264 e. The Kier molecular flexibility index (Phi) is 7.32. The van der Waals surface area contributed by atoms with Gasteiger partial charge in [-0.05, 0) is 103 Å². The number of aromatic nitrogens is 2. The van der Waals surface area contributed by atoms with E-state index >= 15 is 0 Å². The average Bonchev–Trinajstić information content (AvgIpc) is 3.13. The summed E-state index contributed by atoms with van der Waals surface area (Å²) in [6.45, 7) is 2.23. The number of nitrogens with zero attached hydrogens (tertiary/aromatic N) is 2. The lowest BCUT2D eigenvalue weighted by Gasteiger charge is -2.18. The molecular weight excluding hydrogens is 556 g/mol. The maximum atomic E-state index is 5.13. The molecule has 0 unspecified atom stereocenters. The second-order valence-electron chi connectivity index (χ2n) is 12.0. The lowest BCUT2D eigenvalue weighted by atomic mass is 9.85. The predicted octanol–water partition coefficient (Wildman–Crippen LogP) is 11.9. The van der Waals surface area contributed by atoms with Gasteiger partial charge in [-0.15, -0.1) is 0 Å². The first-order valence-electron chi connectivity index (χ1n) is 16.2. The van der Waals surface area contributed by atoms with Crippen molar-refractivity contribution in [3.8, 4) is 44.8 Å². The molecule has 8 aromatic rings. The highest BCUT2D eigenvalue weighted by atomic mass is 14.7. The first-order valence-corrected chi connectivity index (χ1v) is 16.2. The molecule has 0 atom stereocenters. The lowest BCUT2D eigenvalue weighted by Crippen LogP contribution is -1.95. The van der Waals surface area contributed by atoms with E-state index < -0.39 is 0 Å². The van der Waals surface area contributed by atoms with E-state index in [0.29, 0.717) is 0 Å². The van der Waals surface area contributed by atoms with Gasteiger partial charge in [-0.3, -0.25) is 4.98 Å². The van der Waals surface area contributed by atoms with Gasteiger partial charge in [0.15, 0.2) is 0 Å². The third kappa shape index (κ3) is 5.02. The number of rotatable bonds is 7. The van der Waals surface area contributed by atoms with Crippen molar-refractivity contribution >= 4 is 32.3 Å². The van der Waals surface area contributed by atoms with Crippen LogP contribution < -0.4 is 0 Å². The van der Waals surface area contributed by atoms with Crippen LogP contribution >= 0.6 is 0 Å². The molecule has 0 bridgehead atoms. The lowest BCUT2D eigenvalue weighted by molar-refractivity contribution is 0.793. The second-order valence-corrected chi connectivity index (χ2v) is 12.0. The standard InChI is InChI=1S/C44H34N2/c1-2-3-12-35-29-45-26-25-36(35)42-20-11-19-41(46-42)33-23-21-32-28-34(24-22-31(32)27-33)44-39-17-9-7-15-37(39)43(30-13-5-4-6-14-30)38-16-8-10-18-40(38)44/h4-11,13-29H,2-3,12H2,1H3. The number of unbranched alkanes of at least 4 members (excludes halogenated alkanes) is 1. The van der Waals surface area contributed by atoms with Gasteiger partial charge >= 0.3 is 0 Å². The van der Waals surface area contributed by atoms with E-state index in [1.54, 1.807) is 0 Å². The van der Waals surface area contributed by atoms with Gasteiger partial charge in [0.2, 0.25) is 0 Å². The number of hydrogen-bond acceptors (Lipinski definition) is 2. The SMILES string of the molecule is CCCCc1cnccc1-c1cccc(-c2ccc3cc(-c4c5ccccc5c(-c5ccccc5)c5ccccc45)ccc3c2)n1. The van der Waals surface area contributed by atoms with Crippen molar-refractivity contribution < 1.29 is 0 Å². The summed E-state index contributed by atoms with van der Waals surface area (Å²) in [6, 6.07) is 50.5. The van der Waals surface area contributed by atoms with E-state index in [9.17, 15) is 0 Å². The molecule has 2 heteroatoms. The third-order valence-corrected chi connectivity index (χ3v) is 9.15. The molecule has 220 valence electrons. The van der Waals surface area contributed by atoms with Crippen LogP contribution in [0, 0.1) is 0 Å². The summed E-state index contributed by atoms with van der Waals surface area (Å²) in [5, 5.41) is 7.51. The van der Waals surface area contributed by atoms with Gasteiger partial charge in [-0.2, -0.15) is 0 Å². The Balaban J connectivity index is 1.23. The Morgan fingerprint density at radius 1 is 0.500 bits per heavy atom. The molecule has 0 spiro atoms. The van der Waals surface area contributed by atoms with Crippen molar-refractivity contribution in [2.75, 3.05) is 0 Å². The summed E-state index contributed by atoms with van der Waals surface area (Å²) in [4.78, 5) is 9.52. The molecule has 2 nitrogen and oxygen atoms in total. The van der Waals surface area contributed by atoms with E-state index in [1.165, 1.54) is 65.7 Å². The first kappa shape index (κ1) is 27.9. The van der Waals surface area contributed by atoms with Gasteiger partial charge in [-0.25, -0.2) is 4.98 Å². The van der Waals surface area contributed by atoms with Crippen molar-refractivity contribution in [1.82, 2.24) is 9.97 Å². The van der Waals surface area contributed by atoms with Gasteiger partial charge in [0.25, 0.3) is 0 Å². The molecule has 0 saturated carbocycles. The van der Waals surface area contributed by atoms with Crippen molar-refractivity contribution in [2.24, 2.45) is 0 Å². The Hall–Kier alpha value is -5.60. The normalized spacial score (nSPS) is 11.4. The molecule has 2 heterocycles.